The van der Waals surface area contributed by atoms with Crippen LogP contribution in [-0.2, 0) is 9.53 Å². The summed E-state index contributed by atoms with van der Waals surface area (Å²) in [6, 6.07) is 5.98. The van der Waals surface area contributed by atoms with Gasteiger partial charge in [-0.1, -0.05) is 0 Å². The van der Waals surface area contributed by atoms with Crippen molar-refractivity contribution in [3.63, 3.8) is 0 Å². The molecule has 1 aromatic carbocycles. The van der Waals surface area contributed by atoms with Crippen molar-refractivity contribution in [3.8, 4) is 5.75 Å². The number of piperidine rings is 1. The van der Waals surface area contributed by atoms with Crippen molar-refractivity contribution in [2.45, 2.75) is 25.8 Å². The van der Waals surface area contributed by atoms with E-state index in [0.717, 1.165) is 39.0 Å². The summed E-state index contributed by atoms with van der Waals surface area (Å²) >= 11 is 0. The van der Waals surface area contributed by atoms with E-state index in [1.807, 2.05) is 11.8 Å². The minimum absolute atomic E-state index is 0.0966. The Kier molecular flexibility index (Phi) is 6.26. The second kappa shape index (κ2) is 8.63. The van der Waals surface area contributed by atoms with E-state index in [9.17, 15) is 9.18 Å². The molecule has 0 aliphatic carbocycles. The van der Waals surface area contributed by atoms with Crippen LogP contribution >= 0.6 is 0 Å². The molecule has 2 fully saturated rings. The summed E-state index contributed by atoms with van der Waals surface area (Å²) < 4.78 is 24.1. The molecule has 0 N–H and O–H groups in total. The van der Waals surface area contributed by atoms with Crippen molar-refractivity contribution >= 4 is 5.91 Å². The first kappa shape index (κ1) is 18.1. The highest BCUT2D eigenvalue weighted by atomic mass is 19.1. The van der Waals surface area contributed by atoms with Gasteiger partial charge in [0, 0.05) is 32.1 Å². The molecule has 2 aliphatic rings. The van der Waals surface area contributed by atoms with Gasteiger partial charge in [-0.2, -0.15) is 0 Å². The molecular weight excluding hydrogens is 323 g/mol. The molecule has 0 aromatic heterocycles. The highest BCUT2D eigenvalue weighted by Gasteiger charge is 2.30. The Balaban J connectivity index is 1.49. The summed E-state index contributed by atoms with van der Waals surface area (Å²) in [5, 5.41) is 0. The summed E-state index contributed by atoms with van der Waals surface area (Å²) in [6.07, 6.45) is 2.05. The first-order chi connectivity index (χ1) is 12.1. The van der Waals surface area contributed by atoms with Crippen molar-refractivity contribution in [1.29, 1.82) is 0 Å². The second-order valence-corrected chi connectivity index (χ2v) is 6.88. The van der Waals surface area contributed by atoms with Gasteiger partial charge in [0.1, 0.15) is 11.6 Å². The third-order valence-electron chi connectivity index (χ3n) is 5.08. The van der Waals surface area contributed by atoms with Gasteiger partial charge in [0.05, 0.1) is 25.9 Å². The van der Waals surface area contributed by atoms with E-state index < -0.39 is 0 Å². The minimum atomic E-state index is -0.265. The maximum absolute atomic E-state index is 12.9. The maximum Gasteiger partial charge on any atom is 0.239 e. The predicted octanol–water partition coefficient (Wildman–Crippen LogP) is 2.16. The van der Waals surface area contributed by atoms with E-state index >= 15 is 0 Å². The zero-order chi connectivity index (χ0) is 17.6. The van der Waals surface area contributed by atoms with E-state index in [0.29, 0.717) is 31.5 Å². The van der Waals surface area contributed by atoms with E-state index in [2.05, 4.69) is 4.90 Å². The minimum Gasteiger partial charge on any atom is -0.493 e. The van der Waals surface area contributed by atoms with Crippen molar-refractivity contribution in [2.75, 3.05) is 46.0 Å². The van der Waals surface area contributed by atoms with Gasteiger partial charge in [-0.15, -0.1) is 0 Å². The van der Waals surface area contributed by atoms with Gasteiger partial charge in [0.15, 0.2) is 0 Å². The molecule has 0 spiro atoms. The van der Waals surface area contributed by atoms with Crippen LogP contribution in [0, 0.1) is 11.7 Å². The van der Waals surface area contributed by atoms with E-state index in [1.165, 1.54) is 12.1 Å². The number of morpholine rings is 1. The van der Waals surface area contributed by atoms with Gasteiger partial charge in [0.2, 0.25) is 5.91 Å². The zero-order valence-electron chi connectivity index (χ0n) is 14.8. The number of amides is 1. The van der Waals surface area contributed by atoms with Gasteiger partial charge in [-0.05, 0) is 44.0 Å². The molecule has 6 heteroatoms. The fourth-order valence-electron chi connectivity index (χ4n) is 3.53. The molecule has 2 heterocycles. The lowest BCUT2D eigenvalue weighted by atomic mass is 9.98. The van der Waals surface area contributed by atoms with E-state index in [-0.39, 0.29) is 17.8 Å². The SMILES string of the molecule is CC(C(=O)N1CCCC(COc2ccc(F)cc2)C1)N1CCOCC1. The predicted molar refractivity (Wildman–Crippen MR) is 93.1 cm³/mol. The number of likely N-dealkylation sites (tertiary alicyclic amines) is 1. The molecular formula is C19H27FN2O3. The number of ether oxygens (including phenoxy) is 2. The third-order valence-corrected chi connectivity index (χ3v) is 5.08. The first-order valence-corrected chi connectivity index (χ1v) is 9.12. The van der Waals surface area contributed by atoms with Crippen LogP contribution in [-0.4, -0.2) is 67.7 Å². The number of nitrogens with zero attached hydrogens (tertiary/aromatic N) is 2. The highest BCUT2D eigenvalue weighted by Crippen LogP contribution is 2.20. The summed E-state index contributed by atoms with van der Waals surface area (Å²) in [5.41, 5.74) is 0. The zero-order valence-corrected chi connectivity index (χ0v) is 14.8. The standard InChI is InChI=1S/C19H27FN2O3/c1-15(21-9-11-24-12-10-21)19(23)22-8-2-3-16(13-22)14-25-18-6-4-17(20)5-7-18/h4-7,15-16H,2-3,8-14H2,1H3. The fraction of sp³-hybridized carbons (Fsp3) is 0.632. The Morgan fingerprint density at radius 2 is 2.00 bits per heavy atom. The fourth-order valence-corrected chi connectivity index (χ4v) is 3.53. The van der Waals surface area contributed by atoms with Gasteiger partial charge in [-0.25, -0.2) is 4.39 Å². The van der Waals surface area contributed by atoms with Crippen molar-refractivity contribution < 1.29 is 18.7 Å². The molecule has 2 unspecified atom stereocenters. The molecule has 2 atom stereocenters. The van der Waals surface area contributed by atoms with Gasteiger partial charge in [-0.3, -0.25) is 9.69 Å². The number of halogens is 1. The Labute approximate surface area is 148 Å². The van der Waals surface area contributed by atoms with Gasteiger partial charge in [0.25, 0.3) is 0 Å². The molecule has 0 saturated carbocycles. The Morgan fingerprint density at radius 3 is 2.72 bits per heavy atom. The Morgan fingerprint density at radius 1 is 1.28 bits per heavy atom. The normalized spacial score (nSPS) is 23.3. The summed E-state index contributed by atoms with van der Waals surface area (Å²) in [4.78, 5) is 17.0. The van der Waals surface area contributed by atoms with E-state index in [1.54, 1.807) is 12.1 Å². The summed E-state index contributed by atoms with van der Waals surface area (Å²) in [6.45, 7) is 7.14. The van der Waals surface area contributed by atoms with Crippen molar-refractivity contribution in [1.82, 2.24) is 9.80 Å². The van der Waals surface area contributed by atoms with Crippen LogP contribution in [0.25, 0.3) is 0 Å². The van der Waals surface area contributed by atoms with Gasteiger partial charge >= 0.3 is 0 Å². The lowest BCUT2D eigenvalue weighted by Gasteiger charge is -2.38. The Bertz CT molecular complexity index is 560. The first-order valence-electron chi connectivity index (χ1n) is 9.12. The maximum atomic E-state index is 12.9. The molecule has 1 amide bonds. The van der Waals surface area contributed by atoms with Crippen LogP contribution in [0.3, 0.4) is 0 Å². The number of hydrogen-bond acceptors (Lipinski definition) is 4. The van der Waals surface area contributed by atoms with Crippen molar-refractivity contribution in [3.05, 3.63) is 30.1 Å². The van der Waals surface area contributed by atoms with Gasteiger partial charge < -0.3 is 14.4 Å². The van der Waals surface area contributed by atoms with Crippen LogP contribution in [0.5, 0.6) is 5.75 Å². The lowest BCUT2D eigenvalue weighted by Crippen LogP contribution is -2.53. The number of hydrogen-bond donors (Lipinski definition) is 0. The van der Waals surface area contributed by atoms with Crippen LogP contribution in [0.1, 0.15) is 19.8 Å². The molecule has 138 valence electrons. The number of rotatable bonds is 5. The average molecular weight is 350 g/mol. The quantitative estimate of drug-likeness (QED) is 0.816. The molecule has 0 bridgehead atoms. The van der Waals surface area contributed by atoms with Crippen molar-refractivity contribution in [2.24, 2.45) is 5.92 Å². The summed E-state index contributed by atoms with van der Waals surface area (Å²) in [5.74, 6) is 0.929. The molecule has 1 aromatic rings. The molecule has 3 rings (SSSR count). The molecule has 5 nitrogen and oxygen atoms in total. The average Bonchev–Trinajstić information content (AvgIpc) is 2.67. The Hall–Kier alpha value is -1.66. The third kappa shape index (κ3) is 4.92. The molecule has 2 saturated heterocycles. The largest absolute Gasteiger partial charge is 0.493 e. The summed E-state index contributed by atoms with van der Waals surface area (Å²) in [7, 11) is 0. The van der Waals surface area contributed by atoms with E-state index in [4.69, 9.17) is 9.47 Å². The monoisotopic (exact) mass is 350 g/mol. The molecule has 25 heavy (non-hydrogen) atoms. The molecule has 0 radical (unpaired) electrons. The smallest absolute Gasteiger partial charge is 0.239 e. The number of benzene rings is 1. The number of carbonyl (C=O) groups excluding carboxylic acids is 1. The second-order valence-electron chi connectivity index (χ2n) is 6.88. The van der Waals surface area contributed by atoms with Crippen LogP contribution in [0.2, 0.25) is 0 Å². The van der Waals surface area contributed by atoms with Crippen LogP contribution < -0.4 is 4.74 Å². The topological polar surface area (TPSA) is 42.0 Å². The molecule has 2 aliphatic heterocycles. The highest BCUT2D eigenvalue weighted by molar-refractivity contribution is 5.81. The van der Waals surface area contributed by atoms with Crippen LogP contribution in [0.4, 0.5) is 4.39 Å². The number of carbonyl (C=O) groups is 1. The van der Waals surface area contributed by atoms with Crippen LogP contribution in [0.15, 0.2) is 24.3 Å². The lowest BCUT2D eigenvalue weighted by molar-refractivity contribution is -0.140.